The van der Waals surface area contributed by atoms with Crippen molar-refractivity contribution in [3.05, 3.63) is 40.2 Å². The zero-order valence-corrected chi connectivity index (χ0v) is 10.2. The average molecular weight is 316 g/mol. The third kappa shape index (κ3) is 2.37. The summed E-state index contributed by atoms with van der Waals surface area (Å²) in [7, 11) is 0. The molecule has 0 saturated heterocycles. The first kappa shape index (κ1) is 10.6. The molecule has 0 N–H and O–H groups in total. The Morgan fingerprint density at radius 1 is 1.33 bits per heavy atom. The van der Waals surface area contributed by atoms with E-state index in [0.29, 0.717) is 6.54 Å². The van der Waals surface area contributed by atoms with Crippen molar-refractivity contribution >= 4 is 22.6 Å². The van der Waals surface area contributed by atoms with Crippen LogP contribution in [0.3, 0.4) is 0 Å². The summed E-state index contributed by atoms with van der Waals surface area (Å²) in [6, 6.07) is 8.07. The Hall–Kier alpha value is -0.910. The second-order valence-corrected chi connectivity index (χ2v) is 4.32. The molecule has 1 heterocycles. The summed E-state index contributed by atoms with van der Waals surface area (Å²) in [4.78, 5) is 0. The van der Waals surface area contributed by atoms with Crippen LogP contribution in [-0.2, 0) is 6.54 Å². The van der Waals surface area contributed by atoms with Crippen molar-refractivity contribution in [2.45, 2.75) is 6.54 Å². The number of hydrogen-bond acceptors (Lipinski definition) is 1. The van der Waals surface area contributed by atoms with Crippen LogP contribution in [0, 0.1) is 3.57 Å². The lowest BCUT2D eigenvalue weighted by Gasteiger charge is -1.99. The maximum atomic E-state index is 12.1. The van der Waals surface area contributed by atoms with Crippen LogP contribution in [0.25, 0.3) is 11.1 Å². The van der Waals surface area contributed by atoms with Gasteiger partial charge in [-0.25, -0.2) is 4.39 Å². The monoisotopic (exact) mass is 316 g/mol. The molecule has 0 aliphatic heterocycles. The van der Waals surface area contributed by atoms with E-state index in [1.54, 1.807) is 10.9 Å². The summed E-state index contributed by atoms with van der Waals surface area (Å²) >= 11 is 2.28. The molecule has 2 nitrogen and oxygen atoms in total. The first-order chi connectivity index (χ1) is 7.31. The minimum Gasteiger partial charge on any atom is -0.269 e. The topological polar surface area (TPSA) is 17.8 Å². The second-order valence-electron chi connectivity index (χ2n) is 3.16. The van der Waals surface area contributed by atoms with Crippen LogP contribution in [0.1, 0.15) is 0 Å². The number of hydrogen-bond donors (Lipinski definition) is 0. The van der Waals surface area contributed by atoms with Gasteiger partial charge in [0.25, 0.3) is 0 Å². The zero-order chi connectivity index (χ0) is 10.7. The van der Waals surface area contributed by atoms with Crippen molar-refractivity contribution in [1.82, 2.24) is 9.78 Å². The molecular weight excluding hydrogens is 306 g/mol. The highest BCUT2D eigenvalue weighted by molar-refractivity contribution is 14.1. The Kier molecular flexibility index (Phi) is 3.35. The Morgan fingerprint density at radius 2 is 2.13 bits per heavy atom. The van der Waals surface area contributed by atoms with Gasteiger partial charge in [0.1, 0.15) is 6.67 Å². The van der Waals surface area contributed by atoms with Crippen LogP contribution < -0.4 is 0 Å². The quantitative estimate of drug-likeness (QED) is 0.796. The van der Waals surface area contributed by atoms with Crippen LogP contribution in [0.2, 0.25) is 0 Å². The molecule has 0 radical (unpaired) electrons. The van der Waals surface area contributed by atoms with E-state index >= 15 is 0 Å². The SMILES string of the molecule is FCCn1cc(-c2ccccc2I)cn1. The predicted molar refractivity (Wildman–Crippen MR) is 66.4 cm³/mol. The molecule has 2 aromatic rings. The normalized spacial score (nSPS) is 10.5. The van der Waals surface area contributed by atoms with Gasteiger partial charge in [0.2, 0.25) is 0 Å². The van der Waals surface area contributed by atoms with Gasteiger partial charge in [0.15, 0.2) is 0 Å². The zero-order valence-electron chi connectivity index (χ0n) is 8.03. The van der Waals surface area contributed by atoms with Gasteiger partial charge in [-0.05, 0) is 34.2 Å². The predicted octanol–water partition coefficient (Wildman–Crippen LogP) is 3.12. The van der Waals surface area contributed by atoms with Gasteiger partial charge in [-0.15, -0.1) is 0 Å². The van der Waals surface area contributed by atoms with E-state index in [4.69, 9.17) is 0 Å². The lowest BCUT2D eigenvalue weighted by atomic mass is 10.1. The molecule has 2 rings (SSSR count). The largest absolute Gasteiger partial charge is 0.269 e. The van der Waals surface area contributed by atoms with Crippen molar-refractivity contribution in [3.8, 4) is 11.1 Å². The van der Waals surface area contributed by atoms with Gasteiger partial charge in [0, 0.05) is 15.3 Å². The van der Waals surface area contributed by atoms with Crippen LogP contribution in [0.15, 0.2) is 36.7 Å². The third-order valence-electron chi connectivity index (χ3n) is 2.13. The lowest BCUT2D eigenvalue weighted by molar-refractivity contribution is 0.427. The maximum Gasteiger partial charge on any atom is 0.109 e. The van der Waals surface area contributed by atoms with Crippen molar-refractivity contribution in [2.24, 2.45) is 0 Å². The van der Waals surface area contributed by atoms with Crippen LogP contribution in [0.5, 0.6) is 0 Å². The molecule has 4 heteroatoms. The molecule has 0 aliphatic carbocycles. The molecule has 0 unspecified atom stereocenters. The Bertz CT molecular complexity index is 453. The van der Waals surface area contributed by atoms with Crippen LogP contribution >= 0.6 is 22.6 Å². The molecule has 0 atom stereocenters. The molecule has 1 aromatic heterocycles. The van der Waals surface area contributed by atoms with E-state index < -0.39 is 0 Å². The minimum absolute atomic E-state index is 0.323. The Balaban J connectivity index is 2.33. The smallest absolute Gasteiger partial charge is 0.109 e. The highest BCUT2D eigenvalue weighted by Crippen LogP contribution is 2.24. The summed E-state index contributed by atoms with van der Waals surface area (Å²) in [6.45, 7) is -0.0591. The third-order valence-corrected chi connectivity index (χ3v) is 3.07. The molecule has 0 saturated carbocycles. The first-order valence-electron chi connectivity index (χ1n) is 4.64. The van der Waals surface area contributed by atoms with E-state index in [1.807, 2.05) is 30.5 Å². The molecule has 0 amide bonds. The summed E-state index contributed by atoms with van der Waals surface area (Å²) in [6.07, 6.45) is 3.64. The molecule has 0 aliphatic rings. The van der Waals surface area contributed by atoms with Gasteiger partial charge < -0.3 is 0 Å². The molecule has 0 spiro atoms. The molecule has 0 fully saturated rings. The number of nitrogens with zero attached hydrogens (tertiary/aromatic N) is 2. The molecule has 0 bridgehead atoms. The van der Waals surface area contributed by atoms with Gasteiger partial charge >= 0.3 is 0 Å². The van der Waals surface area contributed by atoms with E-state index in [0.717, 1.165) is 11.1 Å². The van der Waals surface area contributed by atoms with E-state index in [1.165, 1.54) is 3.57 Å². The lowest BCUT2D eigenvalue weighted by Crippen LogP contribution is -1.98. The summed E-state index contributed by atoms with van der Waals surface area (Å²) in [5.74, 6) is 0. The maximum absolute atomic E-state index is 12.1. The Labute approximate surface area is 101 Å². The molecule has 1 aromatic carbocycles. The minimum atomic E-state index is -0.382. The van der Waals surface area contributed by atoms with Gasteiger partial charge in [-0.3, -0.25) is 4.68 Å². The van der Waals surface area contributed by atoms with Crippen molar-refractivity contribution in [3.63, 3.8) is 0 Å². The second kappa shape index (κ2) is 4.74. The first-order valence-corrected chi connectivity index (χ1v) is 5.72. The molecule has 15 heavy (non-hydrogen) atoms. The number of aryl methyl sites for hydroxylation is 1. The highest BCUT2D eigenvalue weighted by Gasteiger charge is 2.04. The van der Waals surface area contributed by atoms with Crippen molar-refractivity contribution in [2.75, 3.05) is 6.67 Å². The van der Waals surface area contributed by atoms with Crippen molar-refractivity contribution < 1.29 is 4.39 Å². The number of aromatic nitrogens is 2. The number of benzene rings is 1. The summed E-state index contributed by atoms with van der Waals surface area (Å²) < 4.78 is 14.9. The van der Waals surface area contributed by atoms with Crippen molar-refractivity contribution in [1.29, 1.82) is 0 Å². The van der Waals surface area contributed by atoms with Gasteiger partial charge in [0.05, 0.1) is 12.7 Å². The van der Waals surface area contributed by atoms with Gasteiger partial charge in [-0.2, -0.15) is 5.10 Å². The number of halogens is 2. The van der Waals surface area contributed by atoms with E-state index in [2.05, 4.69) is 27.7 Å². The average Bonchev–Trinajstić information content (AvgIpc) is 2.68. The van der Waals surface area contributed by atoms with Gasteiger partial charge in [-0.1, -0.05) is 18.2 Å². The summed E-state index contributed by atoms with van der Waals surface area (Å²) in [5, 5.41) is 4.10. The molecule has 78 valence electrons. The highest BCUT2D eigenvalue weighted by atomic mass is 127. The fraction of sp³-hybridized carbons (Fsp3) is 0.182. The Morgan fingerprint density at radius 3 is 2.87 bits per heavy atom. The van der Waals surface area contributed by atoms with Crippen LogP contribution in [0.4, 0.5) is 4.39 Å². The standard InChI is InChI=1S/C11H10FIN2/c12-5-6-15-8-9(7-14-15)10-3-1-2-4-11(10)13/h1-4,7-8H,5-6H2. The van der Waals surface area contributed by atoms with E-state index in [9.17, 15) is 4.39 Å². The number of alkyl halides is 1. The van der Waals surface area contributed by atoms with Crippen LogP contribution in [-0.4, -0.2) is 16.5 Å². The molecular formula is C11H10FIN2. The fourth-order valence-corrected chi connectivity index (χ4v) is 2.11. The number of rotatable bonds is 3. The fourth-order valence-electron chi connectivity index (χ4n) is 1.41. The summed E-state index contributed by atoms with van der Waals surface area (Å²) in [5.41, 5.74) is 2.18. The van der Waals surface area contributed by atoms with E-state index in [-0.39, 0.29) is 6.67 Å².